The molecule has 0 radical (unpaired) electrons. The molecule has 4 aliphatic rings. The lowest BCUT2D eigenvalue weighted by Gasteiger charge is -2.27. The fraction of sp³-hybridized carbons (Fsp3) is 0.368. The van der Waals surface area contributed by atoms with Gasteiger partial charge in [0.1, 0.15) is 0 Å². The Morgan fingerprint density at radius 3 is 0.625 bits per heavy atom. The number of benzene rings is 8. The average molecular weight is 1260 g/mol. The van der Waals surface area contributed by atoms with Crippen LogP contribution in [0, 0.1) is 0 Å². The van der Waals surface area contributed by atoms with E-state index in [1.807, 2.05) is 24.3 Å². The maximum atomic E-state index is 6.27. The molecule has 12 heteroatoms. The summed E-state index contributed by atoms with van der Waals surface area (Å²) in [6, 6.07) is 60.3. The lowest BCUT2D eigenvalue weighted by Crippen LogP contribution is -2.24. The van der Waals surface area contributed by atoms with E-state index in [9.17, 15) is 0 Å². The van der Waals surface area contributed by atoms with Crippen LogP contribution in [0.15, 0.2) is 170 Å². The van der Waals surface area contributed by atoms with Gasteiger partial charge in [0.05, 0.1) is 0 Å². The average Bonchev–Trinajstić information content (AvgIpc) is 3.42. The first kappa shape index (κ1) is 66.4. The molecule has 0 unspecified atom stereocenters. The fourth-order valence-corrected chi connectivity index (χ4v) is 13.3. The molecule has 88 heavy (non-hydrogen) atoms. The van der Waals surface area contributed by atoms with E-state index in [1.165, 1.54) is 90.0 Å². The molecular weight excluding hydrogens is 1170 g/mol. The molecule has 464 valence electrons. The lowest BCUT2D eigenvalue weighted by molar-refractivity contribution is 0.402. The van der Waals surface area contributed by atoms with Gasteiger partial charge in [-0.3, -0.25) is 0 Å². The molecule has 4 heterocycles. The molecule has 0 bridgehead atoms. The highest BCUT2D eigenvalue weighted by atomic mass is 35.5. The van der Waals surface area contributed by atoms with E-state index in [-0.39, 0.29) is 0 Å². The highest BCUT2D eigenvalue weighted by molar-refractivity contribution is 6.32. The van der Waals surface area contributed by atoms with E-state index in [4.69, 9.17) is 46.4 Å². The predicted molar refractivity (Wildman–Crippen MR) is 382 cm³/mol. The Balaban J connectivity index is 0.000000140. The summed E-state index contributed by atoms with van der Waals surface area (Å²) in [5.74, 6) is 0. The van der Waals surface area contributed by atoms with Gasteiger partial charge in [-0.1, -0.05) is 143 Å². The van der Waals surface area contributed by atoms with Crippen LogP contribution in [0.2, 0.25) is 20.1 Å². The maximum absolute atomic E-state index is 6.27. The molecule has 4 aliphatic heterocycles. The van der Waals surface area contributed by atoms with E-state index in [2.05, 4.69) is 241 Å². The Morgan fingerprint density at radius 2 is 0.432 bits per heavy atom. The van der Waals surface area contributed by atoms with Crippen molar-refractivity contribution < 1.29 is 0 Å². The van der Waals surface area contributed by atoms with Crippen molar-refractivity contribution in [2.75, 3.05) is 128 Å². The second kappa shape index (κ2) is 32.6. The number of rotatable bonds is 16. The first-order valence-corrected chi connectivity index (χ1v) is 33.3. The number of anilines is 8. The van der Waals surface area contributed by atoms with E-state index < -0.39 is 0 Å². The lowest BCUT2D eigenvalue weighted by atomic mass is 10.0. The SMILES string of the molecule is CN(C)CCCN1c2ccccc2CCc2ccc(Cl)cc21.CN(C)CCCN1c2ccccc2CCc2ccc(Cl)cc21.CN(C)CCCN1c2ccccc2CCc2ccc(Cl)cc21.CN(C)CCCN1c2ccccc2CCc2ccc(Cl)cc21. The second-order valence-corrected chi connectivity index (χ2v) is 26.6. The van der Waals surface area contributed by atoms with E-state index >= 15 is 0 Å². The van der Waals surface area contributed by atoms with Crippen LogP contribution >= 0.6 is 46.4 Å². The smallest absolute Gasteiger partial charge is 0.0458 e. The van der Waals surface area contributed by atoms with Crippen LogP contribution in [0.25, 0.3) is 0 Å². The summed E-state index contributed by atoms with van der Waals surface area (Å²) in [4.78, 5) is 18.8. The Labute approximate surface area is 547 Å². The van der Waals surface area contributed by atoms with Crippen molar-refractivity contribution in [2.45, 2.75) is 77.0 Å². The first-order chi connectivity index (χ1) is 42.6. The van der Waals surface area contributed by atoms with E-state index in [1.54, 1.807) is 0 Å². The molecule has 0 saturated heterocycles. The summed E-state index contributed by atoms with van der Waals surface area (Å²) in [7, 11) is 17.0. The Kier molecular flexibility index (Phi) is 24.6. The number of fused-ring (bicyclic) bond motifs is 8. The molecule has 8 aromatic rings. The van der Waals surface area contributed by atoms with Gasteiger partial charge in [-0.2, -0.15) is 0 Å². The van der Waals surface area contributed by atoms with Gasteiger partial charge in [-0.15, -0.1) is 0 Å². The van der Waals surface area contributed by atoms with Crippen molar-refractivity contribution in [1.82, 2.24) is 19.6 Å². The summed E-state index contributed by atoms with van der Waals surface area (Å²) >= 11 is 25.1. The van der Waals surface area contributed by atoms with Crippen LogP contribution < -0.4 is 19.6 Å². The van der Waals surface area contributed by atoms with Gasteiger partial charge in [0.15, 0.2) is 0 Å². The predicted octanol–water partition coefficient (Wildman–Crippen LogP) is 18.1. The van der Waals surface area contributed by atoms with Crippen LogP contribution in [0.1, 0.15) is 70.2 Å². The van der Waals surface area contributed by atoms with Crippen molar-refractivity contribution >= 4 is 91.9 Å². The van der Waals surface area contributed by atoms with Crippen molar-refractivity contribution in [3.63, 3.8) is 0 Å². The number of aryl methyl sites for hydroxylation is 8. The van der Waals surface area contributed by atoms with Crippen molar-refractivity contribution in [3.05, 3.63) is 234 Å². The number of hydrogen-bond donors (Lipinski definition) is 0. The molecular formula is C76H92Cl4N8. The van der Waals surface area contributed by atoms with Crippen LogP contribution in [0.3, 0.4) is 0 Å². The molecule has 12 rings (SSSR count). The standard InChI is InChI=1S/4C19H23ClN2/c4*1-21(2)12-5-13-22-18-7-4-3-6-15(18)8-9-16-10-11-17(20)14-19(16)22/h4*3-4,6-7,10-11,14H,5,8-9,12-13H2,1-2H3. The van der Waals surface area contributed by atoms with Gasteiger partial charge in [0, 0.05) is 91.8 Å². The van der Waals surface area contributed by atoms with Crippen LogP contribution in [-0.4, -0.2) is 128 Å². The van der Waals surface area contributed by atoms with Gasteiger partial charge in [0.2, 0.25) is 0 Å². The maximum Gasteiger partial charge on any atom is 0.0458 e. The Bertz CT molecular complexity index is 3070. The highest BCUT2D eigenvalue weighted by Crippen LogP contribution is 2.42. The topological polar surface area (TPSA) is 25.9 Å². The molecule has 0 aliphatic carbocycles. The minimum atomic E-state index is 0.816. The number of halogens is 4. The zero-order chi connectivity index (χ0) is 62.1. The fourth-order valence-electron chi connectivity index (χ4n) is 12.7. The monoisotopic (exact) mass is 1260 g/mol. The van der Waals surface area contributed by atoms with Gasteiger partial charge in [0.25, 0.3) is 0 Å². The summed E-state index contributed by atoms with van der Waals surface area (Å²) in [5.41, 5.74) is 21.7. The third kappa shape index (κ3) is 18.1. The number of para-hydroxylation sites is 4. The number of hydrogen-bond acceptors (Lipinski definition) is 8. The molecule has 8 aromatic carbocycles. The minimum Gasteiger partial charge on any atom is -0.341 e. The van der Waals surface area contributed by atoms with Crippen molar-refractivity contribution in [1.29, 1.82) is 0 Å². The summed E-state index contributed by atoms with van der Waals surface area (Å²) in [6.07, 6.45) is 13.2. The largest absolute Gasteiger partial charge is 0.341 e. The number of nitrogens with zero attached hydrogens (tertiary/aromatic N) is 8. The van der Waals surface area contributed by atoms with E-state index in [0.29, 0.717) is 0 Å². The molecule has 0 fully saturated rings. The van der Waals surface area contributed by atoms with Crippen LogP contribution in [0.5, 0.6) is 0 Å². The van der Waals surface area contributed by atoms with Gasteiger partial charge >= 0.3 is 0 Å². The van der Waals surface area contributed by atoms with Crippen LogP contribution in [0.4, 0.5) is 45.5 Å². The summed E-state index contributed by atoms with van der Waals surface area (Å²) in [6.45, 7) is 8.43. The third-order valence-electron chi connectivity index (χ3n) is 17.1. The minimum absolute atomic E-state index is 0.816. The first-order valence-electron chi connectivity index (χ1n) is 31.7. The van der Waals surface area contributed by atoms with Crippen molar-refractivity contribution in [2.24, 2.45) is 0 Å². The van der Waals surface area contributed by atoms with Gasteiger partial charge in [-0.25, -0.2) is 0 Å². The molecule has 8 nitrogen and oxygen atoms in total. The van der Waals surface area contributed by atoms with Gasteiger partial charge < -0.3 is 39.2 Å². The Morgan fingerprint density at radius 1 is 0.250 bits per heavy atom. The van der Waals surface area contributed by atoms with Gasteiger partial charge in [-0.05, 0) is 277 Å². The molecule has 0 aromatic heterocycles. The second-order valence-electron chi connectivity index (χ2n) is 24.8. The molecule has 0 spiro atoms. The highest BCUT2D eigenvalue weighted by Gasteiger charge is 2.25. The van der Waals surface area contributed by atoms with Crippen LogP contribution in [-0.2, 0) is 51.4 Å². The third-order valence-corrected chi connectivity index (χ3v) is 18.0. The molecule has 0 N–H and O–H groups in total. The molecule has 0 saturated carbocycles. The van der Waals surface area contributed by atoms with E-state index in [0.717, 1.165) is 149 Å². The quantitative estimate of drug-likeness (QED) is 0.0944. The normalized spacial score (nSPS) is 13.7. The Hall–Kier alpha value is -6.04. The van der Waals surface area contributed by atoms with Crippen molar-refractivity contribution in [3.8, 4) is 0 Å². The summed E-state index contributed by atoms with van der Waals surface area (Å²) in [5, 5.41) is 3.26. The zero-order valence-corrected chi connectivity index (χ0v) is 56.4. The zero-order valence-electron chi connectivity index (χ0n) is 53.4. The molecule has 0 amide bonds. The molecule has 0 atom stereocenters. The summed E-state index contributed by atoms with van der Waals surface area (Å²) < 4.78 is 0.